The molecule has 2 aromatic heterocycles. The second kappa shape index (κ2) is 12.4. The first-order chi connectivity index (χ1) is 23.2. The first-order valence-electron chi connectivity index (χ1n) is 18.2. The van der Waals surface area contributed by atoms with Crippen molar-refractivity contribution in [3.8, 4) is 0 Å². The molecule has 4 aliphatic carbocycles. The quantitative estimate of drug-likeness (QED) is 0.139. The van der Waals surface area contributed by atoms with E-state index < -0.39 is 7.92 Å². The van der Waals surface area contributed by atoms with Crippen LogP contribution in [0.4, 0.5) is 0 Å². The maximum absolute atomic E-state index is 3.40. The van der Waals surface area contributed by atoms with Gasteiger partial charge >= 0.3 is 0 Å². The summed E-state index contributed by atoms with van der Waals surface area (Å²) < 4.78 is 0. The van der Waals surface area contributed by atoms with E-state index in [1.165, 1.54) is 71.1 Å². The summed E-state index contributed by atoms with van der Waals surface area (Å²) in [6, 6.07) is 32.7. The van der Waals surface area contributed by atoms with E-state index >= 15 is 0 Å². The van der Waals surface area contributed by atoms with E-state index in [0.717, 1.165) is 29.8 Å². The van der Waals surface area contributed by atoms with Crippen LogP contribution in [0.15, 0.2) is 110 Å². The monoisotopic (exact) mass is 670 g/mol. The number of rotatable bonds is 10. The topological polar surface area (TPSA) is 31.6 Å². The predicted octanol–water partition coefficient (Wildman–Crippen LogP) is 10.2. The molecule has 2 N–H and O–H groups in total. The van der Waals surface area contributed by atoms with Crippen molar-refractivity contribution in [3.05, 3.63) is 143 Å². The number of aromatic amines is 2. The van der Waals surface area contributed by atoms with Gasteiger partial charge < -0.3 is 9.97 Å². The van der Waals surface area contributed by atoms with Gasteiger partial charge in [-0.15, -0.1) is 9.24 Å². The summed E-state index contributed by atoms with van der Waals surface area (Å²) in [4.78, 5) is 6.81. The zero-order chi connectivity index (χ0) is 33.1. The third-order valence-corrected chi connectivity index (χ3v) is 16.0. The van der Waals surface area contributed by atoms with Gasteiger partial charge in [-0.05, 0) is 131 Å². The van der Waals surface area contributed by atoms with Crippen LogP contribution in [0.1, 0.15) is 93.2 Å². The molecule has 248 valence electrons. The lowest BCUT2D eigenvalue weighted by Crippen LogP contribution is -2.56. The molecule has 2 heterocycles. The minimum atomic E-state index is -0.581. The summed E-state index contributed by atoms with van der Waals surface area (Å²) in [5, 5.41) is 2.86. The van der Waals surface area contributed by atoms with Crippen LogP contribution >= 0.6 is 17.2 Å². The number of H-pyrrole nitrogens is 2. The second-order valence-electron chi connectivity index (χ2n) is 16.4. The summed E-state index contributed by atoms with van der Waals surface area (Å²) in [5.74, 6) is 3.36. The zero-order valence-electron chi connectivity index (χ0n) is 29.2. The molecule has 4 fully saturated rings. The molecule has 3 aromatic carbocycles. The fourth-order valence-electron chi connectivity index (χ4n) is 10.7. The van der Waals surface area contributed by atoms with Gasteiger partial charge in [0.2, 0.25) is 0 Å². The molecule has 4 saturated carbocycles. The molecule has 0 saturated heterocycles. The van der Waals surface area contributed by atoms with Gasteiger partial charge in [-0.25, -0.2) is 0 Å². The van der Waals surface area contributed by atoms with Crippen LogP contribution < -0.4 is 10.6 Å². The average Bonchev–Trinajstić information content (AvgIpc) is 3.83. The van der Waals surface area contributed by atoms with Crippen LogP contribution in [-0.4, -0.2) is 16.1 Å². The Morgan fingerprint density at radius 3 is 1.71 bits per heavy atom. The van der Waals surface area contributed by atoms with E-state index in [1.807, 2.05) is 0 Å². The van der Waals surface area contributed by atoms with Gasteiger partial charge in [0.05, 0.1) is 0 Å². The summed E-state index contributed by atoms with van der Waals surface area (Å²) in [7, 11) is 2.65. The van der Waals surface area contributed by atoms with Crippen molar-refractivity contribution in [2.45, 2.75) is 82.2 Å². The van der Waals surface area contributed by atoms with Crippen LogP contribution in [0, 0.1) is 23.7 Å². The van der Waals surface area contributed by atoms with Crippen LogP contribution in [0.5, 0.6) is 0 Å². The summed E-state index contributed by atoms with van der Waals surface area (Å²) >= 11 is 0. The highest BCUT2D eigenvalue weighted by molar-refractivity contribution is 7.72. The molecule has 0 radical (unpaired) electrons. The normalized spacial score (nSPS) is 25.2. The van der Waals surface area contributed by atoms with Gasteiger partial charge in [0, 0.05) is 41.8 Å². The third kappa shape index (κ3) is 5.38. The van der Waals surface area contributed by atoms with E-state index in [1.54, 1.807) is 11.1 Å². The van der Waals surface area contributed by atoms with Gasteiger partial charge in [-0.1, -0.05) is 100 Å². The average molecular weight is 671 g/mol. The highest BCUT2D eigenvalue weighted by Crippen LogP contribution is 2.65. The van der Waals surface area contributed by atoms with Crippen molar-refractivity contribution in [2.24, 2.45) is 23.7 Å². The molecule has 4 heteroatoms. The number of benzene rings is 3. The lowest BCUT2D eigenvalue weighted by atomic mass is 9.43. The van der Waals surface area contributed by atoms with Gasteiger partial charge in [-0.2, -0.15) is 0 Å². The highest BCUT2D eigenvalue weighted by atomic mass is 31.1. The highest BCUT2D eigenvalue weighted by Gasteiger charge is 2.57. The molecule has 0 spiro atoms. The molecule has 4 aliphatic rings. The molecule has 4 unspecified atom stereocenters. The summed E-state index contributed by atoms with van der Waals surface area (Å²) in [6.45, 7) is 9.88. The Hall–Kier alpha value is -2.92. The molecule has 48 heavy (non-hydrogen) atoms. The van der Waals surface area contributed by atoms with Gasteiger partial charge in [-0.3, -0.25) is 0 Å². The molecule has 5 aromatic rings. The Labute approximate surface area is 291 Å². The number of aromatic nitrogens is 2. The van der Waals surface area contributed by atoms with Gasteiger partial charge in [0.1, 0.15) is 0 Å². The van der Waals surface area contributed by atoms with Gasteiger partial charge in [0.15, 0.2) is 0 Å². The van der Waals surface area contributed by atoms with Crippen molar-refractivity contribution in [2.75, 3.05) is 6.16 Å². The number of hydrogen-bond acceptors (Lipinski definition) is 0. The fraction of sp³-hybridized carbons (Fsp3) is 0.409. The molecule has 4 atom stereocenters. The lowest BCUT2D eigenvalue weighted by molar-refractivity contribution is -0.0521. The molecular weight excluding hydrogens is 618 g/mol. The van der Waals surface area contributed by atoms with E-state index in [2.05, 4.69) is 157 Å². The van der Waals surface area contributed by atoms with E-state index in [9.17, 15) is 0 Å². The van der Waals surface area contributed by atoms with E-state index in [0.29, 0.717) is 0 Å². The molecule has 0 amide bonds. The molecule has 4 bridgehead atoms. The Morgan fingerprint density at radius 2 is 1.23 bits per heavy atom. The van der Waals surface area contributed by atoms with Crippen molar-refractivity contribution in [1.29, 1.82) is 0 Å². The zero-order valence-corrected chi connectivity index (χ0v) is 31.2. The predicted molar refractivity (Wildman–Crippen MR) is 208 cm³/mol. The molecule has 9 rings (SSSR count). The SMILES string of the molecule is CC(C)(c1ccccc1)c1cc(CP(c2cc[nH]c2)c2cc[nH]c2)c(C23CC4CC(CC(C4)C2CP)C3)cc1C(C)(C)c1ccccc1. The largest absolute Gasteiger partial charge is 0.367 e. The van der Waals surface area contributed by atoms with Gasteiger partial charge in [0.25, 0.3) is 0 Å². The minimum absolute atomic E-state index is 0.152. The van der Waals surface area contributed by atoms with Crippen molar-refractivity contribution in [3.63, 3.8) is 0 Å². The number of nitrogens with one attached hydrogen (secondary N) is 2. The van der Waals surface area contributed by atoms with Crippen LogP contribution in [-0.2, 0) is 22.4 Å². The Kier molecular flexibility index (Phi) is 8.37. The Morgan fingerprint density at radius 1 is 0.708 bits per heavy atom. The number of hydrogen-bond donors (Lipinski definition) is 2. The first kappa shape index (κ1) is 32.3. The van der Waals surface area contributed by atoms with Crippen molar-refractivity contribution in [1.82, 2.24) is 9.97 Å². The lowest BCUT2D eigenvalue weighted by Gasteiger charge is -2.62. The standard InChI is InChI=1S/C44H52N2P2/c1-42(2,34-11-7-5-8-12-34)39-22-33(29-48(36-15-17-45-26-36)37-16-18-46-27-37)38(23-40(39)43(3,4)35-13-9-6-10-14-35)44-24-30-19-31(25-44)21-32(20-30)41(44)28-47/h5-18,22-23,26-27,30-32,41,45-46H,19-21,24-25,28-29,47H2,1-4H3. The fourth-order valence-corrected chi connectivity index (χ4v) is 13.8. The van der Waals surface area contributed by atoms with Crippen LogP contribution in [0.2, 0.25) is 0 Å². The van der Waals surface area contributed by atoms with Crippen LogP contribution in [0.25, 0.3) is 0 Å². The van der Waals surface area contributed by atoms with E-state index in [-0.39, 0.29) is 16.2 Å². The summed E-state index contributed by atoms with van der Waals surface area (Å²) in [6.07, 6.45) is 18.1. The minimum Gasteiger partial charge on any atom is -0.367 e. The smallest absolute Gasteiger partial charge is 0.0149 e. The molecule has 0 aliphatic heterocycles. The Bertz CT molecular complexity index is 1790. The maximum atomic E-state index is 3.40. The van der Waals surface area contributed by atoms with Crippen molar-refractivity contribution >= 4 is 27.8 Å². The molecular formula is C44H52N2P2. The van der Waals surface area contributed by atoms with Crippen LogP contribution in [0.3, 0.4) is 0 Å². The second-order valence-corrected chi connectivity index (χ2v) is 19.0. The maximum Gasteiger partial charge on any atom is 0.0149 e. The van der Waals surface area contributed by atoms with Crippen molar-refractivity contribution < 1.29 is 0 Å². The summed E-state index contributed by atoms with van der Waals surface area (Å²) in [5.41, 5.74) is 8.98. The Balaban J connectivity index is 1.41. The third-order valence-electron chi connectivity index (χ3n) is 13.0. The van der Waals surface area contributed by atoms with E-state index in [4.69, 9.17) is 0 Å². The molecule has 2 nitrogen and oxygen atoms in total. The first-order valence-corrected chi connectivity index (χ1v) is 20.6.